The zero-order valence-electron chi connectivity index (χ0n) is 14.3. The summed E-state index contributed by atoms with van der Waals surface area (Å²) in [4.78, 5) is 25.8. The number of urea groups is 1. The molecule has 1 aromatic carbocycles. The van der Waals surface area contributed by atoms with Gasteiger partial charge in [0.2, 0.25) is 0 Å². The van der Waals surface area contributed by atoms with E-state index in [4.69, 9.17) is 4.74 Å². The molecule has 1 N–H and O–H groups in total. The highest BCUT2D eigenvalue weighted by Crippen LogP contribution is 2.26. The number of hydrogen-bond donors (Lipinski definition) is 1. The third-order valence-electron chi connectivity index (χ3n) is 4.78. The summed E-state index contributed by atoms with van der Waals surface area (Å²) in [5.41, 5.74) is 4.17. The standard InChI is InChI=1S/C18H20N4O3/c1-11-7-12(2)22(20-11)15-5-6-21(9-15)18(24)19-14-3-4-16-13(8-14)10-25-17(16)23/h3-4,7-8,15H,5-6,9-10H2,1-2H3,(H,19,24)/t15-/m0/s1. The zero-order valence-corrected chi connectivity index (χ0v) is 14.3. The summed E-state index contributed by atoms with van der Waals surface area (Å²) in [5.74, 6) is -0.305. The number of amides is 2. The summed E-state index contributed by atoms with van der Waals surface area (Å²) in [5, 5.41) is 7.44. The van der Waals surface area contributed by atoms with Crippen LogP contribution in [0.15, 0.2) is 24.3 Å². The van der Waals surface area contributed by atoms with E-state index in [9.17, 15) is 9.59 Å². The Morgan fingerprint density at radius 1 is 1.32 bits per heavy atom. The van der Waals surface area contributed by atoms with Crippen LogP contribution in [0.5, 0.6) is 0 Å². The lowest BCUT2D eigenvalue weighted by atomic mass is 10.1. The molecule has 0 radical (unpaired) electrons. The number of cyclic esters (lactones) is 1. The van der Waals surface area contributed by atoms with E-state index in [2.05, 4.69) is 16.5 Å². The molecule has 1 fully saturated rings. The molecule has 0 unspecified atom stereocenters. The number of fused-ring (bicyclic) bond motifs is 1. The second-order valence-corrected chi connectivity index (χ2v) is 6.64. The van der Waals surface area contributed by atoms with E-state index < -0.39 is 0 Å². The SMILES string of the molecule is Cc1cc(C)n([C@H]2CCN(C(=O)Nc3ccc4c(c3)COC4=O)C2)n1. The Labute approximate surface area is 145 Å². The van der Waals surface area contributed by atoms with Crippen molar-refractivity contribution in [2.45, 2.75) is 32.9 Å². The highest BCUT2D eigenvalue weighted by molar-refractivity contribution is 5.95. The van der Waals surface area contributed by atoms with Crippen LogP contribution in [0.2, 0.25) is 0 Å². The summed E-state index contributed by atoms with van der Waals surface area (Å²) >= 11 is 0. The largest absolute Gasteiger partial charge is 0.457 e. The van der Waals surface area contributed by atoms with Crippen LogP contribution in [0.1, 0.15) is 39.8 Å². The van der Waals surface area contributed by atoms with Crippen LogP contribution in [0.4, 0.5) is 10.5 Å². The van der Waals surface area contributed by atoms with Crippen LogP contribution in [-0.2, 0) is 11.3 Å². The van der Waals surface area contributed by atoms with Gasteiger partial charge in [0.25, 0.3) is 0 Å². The molecular weight excluding hydrogens is 320 g/mol. The average molecular weight is 340 g/mol. The van der Waals surface area contributed by atoms with E-state index in [1.807, 2.05) is 18.5 Å². The summed E-state index contributed by atoms with van der Waals surface area (Å²) in [6.07, 6.45) is 0.891. The monoisotopic (exact) mass is 340 g/mol. The quantitative estimate of drug-likeness (QED) is 0.853. The van der Waals surface area contributed by atoms with Gasteiger partial charge in [-0.1, -0.05) is 0 Å². The molecule has 2 aliphatic heterocycles. The van der Waals surface area contributed by atoms with Gasteiger partial charge < -0.3 is 15.0 Å². The molecule has 1 aromatic heterocycles. The van der Waals surface area contributed by atoms with Crippen molar-refractivity contribution in [2.24, 2.45) is 0 Å². The average Bonchev–Trinajstić information content (AvgIpc) is 3.27. The summed E-state index contributed by atoms with van der Waals surface area (Å²) in [6, 6.07) is 7.36. The molecule has 4 rings (SSSR count). The van der Waals surface area contributed by atoms with Crippen molar-refractivity contribution < 1.29 is 14.3 Å². The second-order valence-electron chi connectivity index (χ2n) is 6.64. The Morgan fingerprint density at radius 3 is 2.92 bits per heavy atom. The summed E-state index contributed by atoms with van der Waals surface area (Å²) in [6.45, 7) is 5.62. The third kappa shape index (κ3) is 2.86. The Bertz CT molecular complexity index is 858. The maximum Gasteiger partial charge on any atom is 0.338 e. The Balaban J connectivity index is 1.42. The normalized spacial score (nSPS) is 19.0. The first kappa shape index (κ1) is 15.7. The van der Waals surface area contributed by atoms with Crippen LogP contribution in [0, 0.1) is 13.8 Å². The molecule has 2 aromatic rings. The van der Waals surface area contributed by atoms with Crippen LogP contribution < -0.4 is 5.32 Å². The van der Waals surface area contributed by atoms with Crippen molar-refractivity contribution >= 4 is 17.7 Å². The van der Waals surface area contributed by atoms with Gasteiger partial charge >= 0.3 is 12.0 Å². The smallest absolute Gasteiger partial charge is 0.338 e. The lowest BCUT2D eigenvalue weighted by molar-refractivity contribution is 0.0535. The Kier molecular flexibility index (Phi) is 3.71. The van der Waals surface area contributed by atoms with Crippen molar-refractivity contribution in [1.82, 2.24) is 14.7 Å². The van der Waals surface area contributed by atoms with Crippen molar-refractivity contribution in [3.05, 3.63) is 46.8 Å². The number of nitrogens with zero attached hydrogens (tertiary/aromatic N) is 3. The highest BCUT2D eigenvalue weighted by Gasteiger charge is 2.29. The van der Waals surface area contributed by atoms with Gasteiger partial charge in [-0.3, -0.25) is 4.68 Å². The predicted molar refractivity (Wildman–Crippen MR) is 91.5 cm³/mol. The minimum absolute atomic E-state index is 0.130. The molecule has 130 valence electrons. The maximum atomic E-state index is 12.5. The molecule has 25 heavy (non-hydrogen) atoms. The number of ether oxygens (including phenoxy) is 1. The number of esters is 1. The Morgan fingerprint density at radius 2 is 2.16 bits per heavy atom. The molecule has 1 saturated heterocycles. The van der Waals surface area contributed by atoms with Crippen molar-refractivity contribution in [3.8, 4) is 0 Å². The molecule has 7 nitrogen and oxygen atoms in total. The van der Waals surface area contributed by atoms with Crippen LogP contribution in [0.25, 0.3) is 0 Å². The molecule has 2 aliphatic rings. The number of hydrogen-bond acceptors (Lipinski definition) is 4. The number of nitrogens with one attached hydrogen (secondary N) is 1. The highest BCUT2D eigenvalue weighted by atomic mass is 16.5. The minimum atomic E-state index is -0.305. The van der Waals surface area contributed by atoms with Gasteiger partial charge in [0.05, 0.1) is 17.3 Å². The van der Waals surface area contributed by atoms with Crippen LogP contribution in [0.3, 0.4) is 0 Å². The van der Waals surface area contributed by atoms with E-state index in [-0.39, 0.29) is 24.6 Å². The molecular formula is C18H20N4O3. The molecule has 0 spiro atoms. The first-order chi connectivity index (χ1) is 12.0. The first-order valence-electron chi connectivity index (χ1n) is 8.40. The van der Waals surface area contributed by atoms with Gasteiger partial charge in [-0.2, -0.15) is 5.10 Å². The van der Waals surface area contributed by atoms with Crippen molar-refractivity contribution in [1.29, 1.82) is 0 Å². The fourth-order valence-electron chi connectivity index (χ4n) is 3.56. The molecule has 3 heterocycles. The molecule has 0 aliphatic carbocycles. The number of carbonyl (C=O) groups excluding carboxylic acids is 2. The van der Waals surface area contributed by atoms with E-state index in [1.54, 1.807) is 23.1 Å². The lowest BCUT2D eigenvalue weighted by Gasteiger charge is -2.18. The van der Waals surface area contributed by atoms with Gasteiger partial charge in [-0.05, 0) is 44.5 Å². The fraction of sp³-hybridized carbons (Fsp3) is 0.389. The molecule has 2 amide bonds. The lowest BCUT2D eigenvalue weighted by Crippen LogP contribution is -2.33. The van der Waals surface area contributed by atoms with Gasteiger partial charge in [-0.25, -0.2) is 9.59 Å². The van der Waals surface area contributed by atoms with Gasteiger partial charge in [-0.15, -0.1) is 0 Å². The molecule has 0 bridgehead atoms. The first-order valence-corrected chi connectivity index (χ1v) is 8.40. The number of benzene rings is 1. The van der Waals surface area contributed by atoms with Gasteiger partial charge in [0, 0.05) is 30.0 Å². The molecule has 0 saturated carbocycles. The summed E-state index contributed by atoms with van der Waals surface area (Å²) < 4.78 is 7.00. The maximum absolute atomic E-state index is 12.5. The molecule has 1 atom stereocenters. The minimum Gasteiger partial charge on any atom is -0.457 e. The van der Waals surface area contributed by atoms with Gasteiger partial charge in [0.15, 0.2) is 0 Å². The van der Waals surface area contributed by atoms with E-state index >= 15 is 0 Å². The number of likely N-dealkylation sites (tertiary alicyclic amines) is 1. The second kappa shape index (κ2) is 5.91. The fourth-order valence-corrected chi connectivity index (χ4v) is 3.56. The predicted octanol–water partition coefficient (Wildman–Crippen LogP) is 2.65. The topological polar surface area (TPSA) is 76.5 Å². The number of rotatable bonds is 2. The van der Waals surface area contributed by atoms with Gasteiger partial charge in [0.1, 0.15) is 6.61 Å². The summed E-state index contributed by atoms with van der Waals surface area (Å²) in [7, 11) is 0. The van der Waals surface area contributed by atoms with Crippen molar-refractivity contribution in [2.75, 3.05) is 18.4 Å². The molecule has 7 heteroatoms. The Hall–Kier alpha value is -2.83. The number of aryl methyl sites for hydroxylation is 2. The van der Waals surface area contributed by atoms with Crippen LogP contribution >= 0.6 is 0 Å². The third-order valence-corrected chi connectivity index (χ3v) is 4.78. The van der Waals surface area contributed by atoms with E-state index in [1.165, 1.54) is 0 Å². The number of anilines is 1. The van der Waals surface area contributed by atoms with Crippen molar-refractivity contribution in [3.63, 3.8) is 0 Å². The zero-order chi connectivity index (χ0) is 17.6. The number of carbonyl (C=O) groups is 2. The van der Waals surface area contributed by atoms with Crippen LogP contribution in [-0.4, -0.2) is 39.8 Å². The van der Waals surface area contributed by atoms with E-state index in [0.29, 0.717) is 24.3 Å². The number of aromatic nitrogens is 2. The van der Waals surface area contributed by atoms with E-state index in [0.717, 1.165) is 23.4 Å².